The van der Waals surface area contributed by atoms with E-state index in [1.165, 1.54) is 39.5 Å². The molecule has 14 heteroatoms. The van der Waals surface area contributed by atoms with E-state index in [1.807, 2.05) is 0 Å². The van der Waals surface area contributed by atoms with E-state index in [1.54, 1.807) is 0 Å². The van der Waals surface area contributed by atoms with Crippen LogP contribution in [0.25, 0.3) is 16.9 Å². The zero-order valence-corrected chi connectivity index (χ0v) is 19.5. The number of aromatic nitrogens is 5. The molecule has 37 heavy (non-hydrogen) atoms. The molecular formula is C23H18F4N6O4. The molecule has 0 unspecified atom stereocenters. The van der Waals surface area contributed by atoms with Gasteiger partial charge in [0.25, 0.3) is 5.56 Å². The molecule has 0 radical (unpaired) electrons. The number of carboxylic acids is 1. The summed E-state index contributed by atoms with van der Waals surface area (Å²) in [6.45, 7) is 1.38. The molecule has 0 bridgehead atoms. The van der Waals surface area contributed by atoms with E-state index in [0.717, 1.165) is 33.5 Å². The van der Waals surface area contributed by atoms with Gasteiger partial charge in [0.05, 0.1) is 7.11 Å². The van der Waals surface area contributed by atoms with Crippen LogP contribution in [0.5, 0.6) is 5.75 Å². The summed E-state index contributed by atoms with van der Waals surface area (Å²) >= 11 is 0. The topological polar surface area (TPSA) is 124 Å². The Balaban J connectivity index is 1.92. The molecule has 0 saturated heterocycles. The molecule has 3 heterocycles. The van der Waals surface area contributed by atoms with Crippen molar-refractivity contribution in [1.82, 2.24) is 24.3 Å². The van der Waals surface area contributed by atoms with Gasteiger partial charge in [-0.3, -0.25) is 4.79 Å². The maximum absolute atomic E-state index is 13.9. The molecule has 0 atom stereocenters. The second-order valence-electron chi connectivity index (χ2n) is 7.88. The quantitative estimate of drug-likeness (QED) is 0.368. The fraction of sp³-hybridized carbons (Fsp3) is 0.174. The number of benzene rings is 1. The number of halogens is 4. The van der Waals surface area contributed by atoms with Gasteiger partial charge in [-0.25, -0.2) is 18.9 Å². The number of methoxy groups -OCH3 is 1. The van der Waals surface area contributed by atoms with E-state index in [2.05, 4.69) is 20.4 Å². The molecule has 0 fully saturated rings. The highest BCUT2D eigenvalue weighted by atomic mass is 19.4. The van der Waals surface area contributed by atoms with Crippen LogP contribution in [0.4, 0.5) is 29.2 Å². The highest BCUT2D eigenvalue weighted by Gasteiger charge is 2.35. The third-order valence-corrected chi connectivity index (χ3v) is 5.24. The van der Waals surface area contributed by atoms with Crippen molar-refractivity contribution in [2.75, 3.05) is 12.4 Å². The van der Waals surface area contributed by atoms with Crippen molar-refractivity contribution in [3.05, 3.63) is 75.8 Å². The summed E-state index contributed by atoms with van der Waals surface area (Å²) in [4.78, 5) is 32.2. The number of aromatic carboxylic acids is 1. The molecular weight excluding hydrogens is 500 g/mol. The zero-order chi connectivity index (χ0) is 27.1. The second-order valence-corrected chi connectivity index (χ2v) is 7.88. The van der Waals surface area contributed by atoms with Gasteiger partial charge >= 0.3 is 12.1 Å². The van der Waals surface area contributed by atoms with Gasteiger partial charge in [-0.15, -0.1) is 0 Å². The molecule has 0 saturated carbocycles. The first-order valence-electron chi connectivity index (χ1n) is 10.4. The van der Waals surface area contributed by atoms with Gasteiger partial charge in [0.15, 0.2) is 11.5 Å². The number of nitrogens with zero attached hydrogens (tertiary/aromatic N) is 5. The van der Waals surface area contributed by atoms with Crippen molar-refractivity contribution in [2.24, 2.45) is 7.05 Å². The lowest BCUT2D eigenvalue weighted by Crippen LogP contribution is -2.24. The van der Waals surface area contributed by atoms with Crippen LogP contribution in [0.15, 0.2) is 47.5 Å². The van der Waals surface area contributed by atoms with E-state index in [0.29, 0.717) is 0 Å². The van der Waals surface area contributed by atoms with E-state index < -0.39 is 34.8 Å². The van der Waals surface area contributed by atoms with Crippen LogP contribution in [0.1, 0.15) is 21.7 Å². The summed E-state index contributed by atoms with van der Waals surface area (Å²) in [5, 5.41) is 15.8. The first kappa shape index (κ1) is 25.3. The number of rotatable bonds is 6. The Morgan fingerprint density at radius 2 is 1.89 bits per heavy atom. The van der Waals surface area contributed by atoms with Crippen LogP contribution in [-0.4, -0.2) is 42.5 Å². The zero-order valence-electron chi connectivity index (χ0n) is 19.5. The second kappa shape index (κ2) is 9.37. The third kappa shape index (κ3) is 5.12. The predicted molar refractivity (Wildman–Crippen MR) is 123 cm³/mol. The molecule has 10 nitrogen and oxygen atoms in total. The van der Waals surface area contributed by atoms with E-state index in [9.17, 15) is 32.3 Å². The van der Waals surface area contributed by atoms with Gasteiger partial charge in [0.1, 0.15) is 17.1 Å². The van der Waals surface area contributed by atoms with Crippen LogP contribution in [-0.2, 0) is 13.2 Å². The highest BCUT2D eigenvalue weighted by molar-refractivity contribution is 5.89. The number of nitrogens with one attached hydrogen (secondary N) is 1. The minimum Gasteiger partial charge on any atom is -0.497 e. The number of aryl methyl sites for hydroxylation is 2. The Morgan fingerprint density at radius 1 is 1.16 bits per heavy atom. The van der Waals surface area contributed by atoms with E-state index in [-0.39, 0.29) is 40.0 Å². The lowest BCUT2D eigenvalue weighted by atomic mass is 10.1. The lowest BCUT2D eigenvalue weighted by molar-refractivity contribution is -0.141. The summed E-state index contributed by atoms with van der Waals surface area (Å²) in [7, 11) is 2.67. The molecule has 0 aliphatic carbocycles. The standard InChI is InChI=1S/C23H18F4N6O4/c1-11-4-18(23(25,26)27)31-33(11)19-17(12-5-16(21(35)36)20(34)32(2)10-12)9-28-22(30-19)29-14-6-13(24)7-15(8-14)37-3/h4-10H,1-3H3,(H,35,36)(H,28,29,30). The fourth-order valence-corrected chi connectivity index (χ4v) is 3.52. The number of alkyl halides is 3. The van der Waals surface area contributed by atoms with Gasteiger partial charge < -0.3 is 19.7 Å². The van der Waals surface area contributed by atoms with Crippen molar-refractivity contribution >= 4 is 17.6 Å². The Morgan fingerprint density at radius 3 is 2.51 bits per heavy atom. The molecule has 4 aromatic rings. The molecule has 192 valence electrons. The SMILES string of the molecule is COc1cc(F)cc(Nc2ncc(-c3cc(C(=O)O)c(=O)n(C)c3)c(-n3nc(C(F)(F)F)cc3C)n2)c1. The van der Waals surface area contributed by atoms with Crippen molar-refractivity contribution < 1.29 is 32.2 Å². The number of pyridine rings is 1. The van der Waals surface area contributed by atoms with Crippen molar-refractivity contribution in [2.45, 2.75) is 13.1 Å². The summed E-state index contributed by atoms with van der Waals surface area (Å²) in [6, 6.07) is 5.62. The van der Waals surface area contributed by atoms with Crippen molar-refractivity contribution in [1.29, 1.82) is 0 Å². The number of carbonyl (C=O) groups is 1. The smallest absolute Gasteiger partial charge is 0.435 e. The first-order valence-corrected chi connectivity index (χ1v) is 10.4. The highest BCUT2D eigenvalue weighted by Crippen LogP contribution is 2.32. The first-order chi connectivity index (χ1) is 17.4. The monoisotopic (exact) mass is 518 g/mol. The average molecular weight is 518 g/mol. The van der Waals surface area contributed by atoms with Crippen molar-refractivity contribution in [3.63, 3.8) is 0 Å². The van der Waals surface area contributed by atoms with Crippen LogP contribution in [0.2, 0.25) is 0 Å². The van der Waals surface area contributed by atoms with Crippen molar-refractivity contribution in [3.8, 4) is 22.7 Å². The number of ether oxygens (including phenoxy) is 1. The van der Waals surface area contributed by atoms with Gasteiger partial charge in [-0.1, -0.05) is 0 Å². The third-order valence-electron chi connectivity index (χ3n) is 5.24. The maximum atomic E-state index is 13.9. The average Bonchev–Trinajstić information content (AvgIpc) is 3.22. The normalized spacial score (nSPS) is 11.4. The molecule has 0 spiro atoms. The number of hydrogen-bond donors (Lipinski definition) is 2. The van der Waals surface area contributed by atoms with Gasteiger partial charge in [0.2, 0.25) is 5.95 Å². The molecule has 0 aliphatic heterocycles. The van der Waals surface area contributed by atoms with Crippen LogP contribution in [0, 0.1) is 12.7 Å². The Labute approximate surface area is 205 Å². The summed E-state index contributed by atoms with van der Waals surface area (Å²) < 4.78 is 61.0. The molecule has 3 aromatic heterocycles. The van der Waals surface area contributed by atoms with Crippen LogP contribution >= 0.6 is 0 Å². The number of anilines is 2. The lowest BCUT2D eigenvalue weighted by Gasteiger charge is -2.14. The molecule has 0 aliphatic rings. The number of hydrogen-bond acceptors (Lipinski definition) is 7. The Hall–Kier alpha value is -4.75. The largest absolute Gasteiger partial charge is 0.497 e. The van der Waals surface area contributed by atoms with E-state index >= 15 is 0 Å². The molecule has 4 rings (SSSR count). The molecule has 1 aromatic carbocycles. The summed E-state index contributed by atoms with van der Waals surface area (Å²) in [5.41, 5.74) is -2.05. The molecule has 0 amide bonds. The predicted octanol–water partition coefficient (Wildman–Crippen LogP) is 3.94. The minimum atomic E-state index is -4.74. The summed E-state index contributed by atoms with van der Waals surface area (Å²) in [6.07, 6.45) is -2.22. The summed E-state index contributed by atoms with van der Waals surface area (Å²) in [5.74, 6) is -2.19. The van der Waals surface area contributed by atoms with Gasteiger partial charge in [0, 0.05) is 54.1 Å². The number of carboxylic acid groups (broad SMARTS) is 1. The Bertz CT molecular complexity index is 1580. The Kier molecular flexibility index (Phi) is 6.42. The molecule has 2 N–H and O–H groups in total. The fourth-order valence-electron chi connectivity index (χ4n) is 3.52. The van der Waals surface area contributed by atoms with Gasteiger partial charge in [-0.05, 0) is 25.1 Å². The van der Waals surface area contributed by atoms with Gasteiger partial charge in [-0.2, -0.15) is 23.3 Å². The van der Waals surface area contributed by atoms with Crippen LogP contribution < -0.4 is 15.6 Å². The van der Waals surface area contributed by atoms with E-state index in [4.69, 9.17) is 4.74 Å². The minimum absolute atomic E-state index is 0.0638. The maximum Gasteiger partial charge on any atom is 0.435 e. The van der Waals surface area contributed by atoms with Crippen LogP contribution in [0.3, 0.4) is 0 Å².